The number of carbonyl (C=O) groups is 1. The third-order valence-electron chi connectivity index (χ3n) is 2.45. The van der Waals surface area contributed by atoms with Crippen molar-refractivity contribution >= 4 is 5.91 Å². The molecule has 2 rings (SSSR count). The first-order valence-corrected chi connectivity index (χ1v) is 4.27. The Balaban J connectivity index is 1.99. The maximum Gasteiger partial charge on any atom is 0.230 e. The van der Waals surface area contributed by atoms with Crippen molar-refractivity contribution in [1.82, 2.24) is 4.90 Å². The Labute approximate surface area is 71.4 Å². The van der Waals surface area contributed by atoms with Crippen LogP contribution in [0.15, 0.2) is 0 Å². The van der Waals surface area contributed by atoms with Crippen LogP contribution in [-0.2, 0) is 14.3 Å². The molecule has 0 spiro atoms. The topological polar surface area (TPSA) is 38.8 Å². The van der Waals surface area contributed by atoms with Gasteiger partial charge in [0.15, 0.2) is 6.29 Å². The van der Waals surface area contributed by atoms with Gasteiger partial charge in [0.1, 0.15) is 0 Å². The molecule has 68 valence electrons. The molecule has 0 aliphatic carbocycles. The lowest BCUT2D eigenvalue weighted by Gasteiger charge is -2.15. The van der Waals surface area contributed by atoms with E-state index in [1.54, 1.807) is 4.90 Å². The van der Waals surface area contributed by atoms with Gasteiger partial charge in [0.05, 0.1) is 19.1 Å². The first-order valence-electron chi connectivity index (χ1n) is 4.27. The Bertz CT molecular complexity index is 189. The third-order valence-corrected chi connectivity index (χ3v) is 2.45. The summed E-state index contributed by atoms with van der Waals surface area (Å²) in [6, 6.07) is 0. The van der Waals surface area contributed by atoms with Crippen molar-refractivity contribution in [2.24, 2.45) is 5.92 Å². The highest BCUT2D eigenvalue weighted by Crippen LogP contribution is 2.24. The molecule has 0 bridgehead atoms. The van der Waals surface area contributed by atoms with Crippen molar-refractivity contribution in [1.29, 1.82) is 0 Å². The van der Waals surface area contributed by atoms with E-state index >= 15 is 0 Å². The van der Waals surface area contributed by atoms with Gasteiger partial charge in [-0.25, -0.2) is 0 Å². The van der Waals surface area contributed by atoms with Crippen LogP contribution in [0.2, 0.25) is 0 Å². The number of nitrogens with zero attached hydrogens (tertiary/aromatic N) is 1. The van der Waals surface area contributed by atoms with Crippen LogP contribution >= 0.6 is 0 Å². The van der Waals surface area contributed by atoms with E-state index < -0.39 is 0 Å². The number of ether oxygens (including phenoxy) is 2. The number of likely N-dealkylation sites (tertiary alicyclic amines) is 1. The van der Waals surface area contributed by atoms with E-state index in [1.807, 2.05) is 7.05 Å². The van der Waals surface area contributed by atoms with Crippen LogP contribution in [0, 0.1) is 5.92 Å². The molecule has 0 aromatic carbocycles. The molecule has 0 aromatic heterocycles. The van der Waals surface area contributed by atoms with Crippen molar-refractivity contribution in [3.8, 4) is 0 Å². The van der Waals surface area contributed by atoms with Gasteiger partial charge in [-0.05, 0) is 6.42 Å². The minimum Gasteiger partial charge on any atom is -0.349 e. The fourth-order valence-electron chi connectivity index (χ4n) is 1.71. The fourth-order valence-corrected chi connectivity index (χ4v) is 1.71. The van der Waals surface area contributed by atoms with Crippen molar-refractivity contribution in [3.63, 3.8) is 0 Å². The van der Waals surface area contributed by atoms with Crippen molar-refractivity contribution in [3.05, 3.63) is 0 Å². The number of carbonyl (C=O) groups excluding carboxylic acids is 1. The summed E-state index contributed by atoms with van der Waals surface area (Å²) in [4.78, 5) is 13.2. The molecule has 1 amide bonds. The van der Waals surface area contributed by atoms with E-state index in [1.165, 1.54) is 0 Å². The standard InChI is InChI=1S/C8H13NO3/c1-9-3-2-6(7(9)10)8-11-4-5-12-8/h6,8H,2-5H2,1H3. The molecule has 2 heterocycles. The van der Waals surface area contributed by atoms with Gasteiger partial charge in [-0.1, -0.05) is 0 Å². The SMILES string of the molecule is CN1CCC(C2OCCO2)C1=O. The van der Waals surface area contributed by atoms with Crippen molar-refractivity contribution in [2.75, 3.05) is 26.8 Å². The highest BCUT2D eigenvalue weighted by Gasteiger charge is 2.38. The molecule has 2 aliphatic rings. The summed E-state index contributed by atoms with van der Waals surface area (Å²) in [6.45, 7) is 2.07. The molecule has 0 saturated carbocycles. The Kier molecular flexibility index (Phi) is 2.02. The quantitative estimate of drug-likeness (QED) is 0.550. The molecular weight excluding hydrogens is 158 g/mol. The average Bonchev–Trinajstić information content (AvgIpc) is 2.64. The molecule has 2 aliphatic heterocycles. The summed E-state index contributed by atoms with van der Waals surface area (Å²) >= 11 is 0. The molecule has 4 nitrogen and oxygen atoms in total. The van der Waals surface area contributed by atoms with E-state index in [4.69, 9.17) is 9.47 Å². The number of hydrogen-bond acceptors (Lipinski definition) is 3. The largest absolute Gasteiger partial charge is 0.349 e. The first kappa shape index (κ1) is 8.01. The minimum absolute atomic E-state index is 0.0579. The zero-order valence-corrected chi connectivity index (χ0v) is 7.16. The first-order chi connectivity index (χ1) is 5.79. The van der Waals surface area contributed by atoms with E-state index in [0.717, 1.165) is 13.0 Å². The predicted molar refractivity (Wildman–Crippen MR) is 41.4 cm³/mol. The minimum atomic E-state index is -0.276. The zero-order valence-electron chi connectivity index (χ0n) is 7.16. The smallest absolute Gasteiger partial charge is 0.230 e. The number of rotatable bonds is 1. The van der Waals surface area contributed by atoms with Gasteiger partial charge in [-0.3, -0.25) is 4.79 Å². The molecule has 0 N–H and O–H groups in total. The van der Waals surface area contributed by atoms with Gasteiger partial charge < -0.3 is 14.4 Å². The fraction of sp³-hybridized carbons (Fsp3) is 0.875. The second kappa shape index (κ2) is 3.03. The summed E-state index contributed by atoms with van der Waals surface area (Å²) in [5.74, 6) is 0.0967. The molecule has 2 fully saturated rings. The monoisotopic (exact) mass is 171 g/mol. The lowest BCUT2D eigenvalue weighted by Crippen LogP contribution is -2.30. The van der Waals surface area contributed by atoms with Gasteiger partial charge in [-0.2, -0.15) is 0 Å². The molecule has 0 radical (unpaired) electrons. The molecule has 12 heavy (non-hydrogen) atoms. The van der Waals surface area contributed by atoms with Gasteiger partial charge in [0.2, 0.25) is 5.91 Å². The Hall–Kier alpha value is -0.610. The highest BCUT2D eigenvalue weighted by atomic mass is 16.7. The summed E-state index contributed by atoms with van der Waals surface area (Å²) in [5, 5.41) is 0. The van der Waals surface area contributed by atoms with Crippen LogP contribution in [0.4, 0.5) is 0 Å². The average molecular weight is 171 g/mol. The van der Waals surface area contributed by atoms with Crippen molar-refractivity contribution in [2.45, 2.75) is 12.7 Å². The van der Waals surface area contributed by atoms with Crippen LogP contribution in [0.5, 0.6) is 0 Å². The van der Waals surface area contributed by atoms with Crippen LogP contribution in [-0.4, -0.2) is 43.9 Å². The van der Waals surface area contributed by atoms with E-state index in [-0.39, 0.29) is 18.1 Å². The number of amides is 1. The van der Waals surface area contributed by atoms with Gasteiger partial charge in [0.25, 0.3) is 0 Å². The second-order valence-electron chi connectivity index (χ2n) is 3.26. The molecule has 2 saturated heterocycles. The van der Waals surface area contributed by atoms with Gasteiger partial charge >= 0.3 is 0 Å². The summed E-state index contributed by atoms with van der Waals surface area (Å²) < 4.78 is 10.6. The Morgan fingerprint density at radius 2 is 2.08 bits per heavy atom. The van der Waals surface area contributed by atoms with Crippen LogP contribution in [0.25, 0.3) is 0 Å². The lowest BCUT2D eigenvalue weighted by molar-refractivity contribution is -0.143. The van der Waals surface area contributed by atoms with E-state index in [9.17, 15) is 4.79 Å². The van der Waals surface area contributed by atoms with E-state index in [0.29, 0.717) is 13.2 Å². The predicted octanol–water partition coefficient (Wildman–Crippen LogP) is -0.162. The number of hydrogen-bond donors (Lipinski definition) is 0. The summed E-state index contributed by atoms with van der Waals surface area (Å²) in [5.41, 5.74) is 0. The van der Waals surface area contributed by atoms with Crippen LogP contribution < -0.4 is 0 Å². The van der Waals surface area contributed by atoms with Crippen molar-refractivity contribution < 1.29 is 14.3 Å². The van der Waals surface area contributed by atoms with E-state index in [2.05, 4.69) is 0 Å². The highest BCUT2D eigenvalue weighted by molar-refractivity contribution is 5.80. The Morgan fingerprint density at radius 1 is 1.42 bits per heavy atom. The third kappa shape index (κ3) is 1.21. The molecular formula is C8H13NO3. The Morgan fingerprint density at radius 3 is 2.58 bits per heavy atom. The normalized spacial score (nSPS) is 31.9. The molecule has 4 heteroatoms. The zero-order chi connectivity index (χ0) is 8.55. The summed E-state index contributed by atoms with van der Waals surface area (Å²) in [7, 11) is 1.82. The second-order valence-corrected chi connectivity index (χ2v) is 3.26. The van der Waals surface area contributed by atoms with Crippen LogP contribution in [0.1, 0.15) is 6.42 Å². The molecule has 1 atom stereocenters. The maximum atomic E-state index is 11.5. The van der Waals surface area contributed by atoms with Gasteiger partial charge in [0, 0.05) is 13.6 Å². The maximum absolute atomic E-state index is 11.5. The molecule has 0 aromatic rings. The lowest BCUT2D eigenvalue weighted by atomic mass is 10.1. The summed E-state index contributed by atoms with van der Waals surface area (Å²) in [6.07, 6.45) is 0.586. The molecule has 1 unspecified atom stereocenters. The van der Waals surface area contributed by atoms with Crippen LogP contribution in [0.3, 0.4) is 0 Å². The van der Waals surface area contributed by atoms with Gasteiger partial charge in [-0.15, -0.1) is 0 Å².